The molecule has 1 aromatic carbocycles. The molecule has 0 bridgehead atoms. The fourth-order valence-electron chi connectivity index (χ4n) is 2.86. The molecule has 0 radical (unpaired) electrons. The molecule has 2 heterocycles. The molecular formula is C16H21N3S. The molecule has 20 heavy (non-hydrogen) atoms. The third kappa shape index (κ3) is 3.08. The zero-order chi connectivity index (χ0) is 13.9. The number of benzene rings is 1. The molecule has 2 aromatic rings. The van der Waals surface area contributed by atoms with Crippen LogP contribution in [0.2, 0.25) is 0 Å². The summed E-state index contributed by atoms with van der Waals surface area (Å²) in [5.74, 6) is 0. The topological polar surface area (TPSA) is 28.2 Å². The quantitative estimate of drug-likeness (QED) is 0.937. The fraction of sp³-hybridized carbons (Fsp3) is 0.438. The molecule has 1 N–H and O–H groups in total. The van der Waals surface area contributed by atoms with Crippen molar-refractivity contribution in [1.82, 2.24) is 15.2 Å². The predicted octanol–water partition coefficient (Wildman–Crippen LogP) is 2.73. The Hall–Kier alpha value is -1.23. The first kappa shape index (κ1) is 13.7. The highest BCUT2D eigenvalue weighted by Crippen LogP contribution is 2.20. The number of rotatable bonds is 4. The maximum absolute atomic E-state index is 4.55. The van der Waals surface area contributed by atoms with Crippen molar-refractivity contribution in [2.45, 2.75) is 33.0 Å². The van der Waals surface area contributed by atoms with Crippen LogP contribution in [0.4, 0.5) is 0 Å². The molecule has 0 aliphatic carbocycles. The summed E-state index contributed by atoms with van der Waals surface area (Å²) in [7, 11) is 2.18. The van der Waals surface area contributed by atoms with Gasteiger partial charge in [0, 0.05) is 25.0 Å². The van der Waals surface area contributed by atoms with Crippen LogP contribution >= 0.6 is 11.3 Å². The summed E-state index contributed by atoms with van der Waals surface area (Å²) in [6.07, 6.45) is 1.15. The van der Waals surface area contributed by atoms with E-state index in [1.54, 1.807) is 16.9 Å². The highest BCUT2D eigenvalue weighted by Gasteiger charge is 2.13. The number of nitrogens with zero attached hydrogens (tertiary/aromatic N) is 2. The standard InChI is InChI=1S/C16H21N3S/c1-12-18-15(11-20-12)10-19(2)9-14-5-3-4-13-8-17-7-6-16(13)14/h3-5,11,17H,6-10H2,1-2H3. The zero-order valence-electron chi connectivity index (χ0n) is 12.1. The van der Waals surface area contributed by atoms with Gasteiger partial charge in [0.2, 0.25) is 0 Å². The second-order valence-corrected chi connectivity index (χ2v) is 6.57. The highest BCUT2D eigenvalue weighted by molar-refractivity contribution is 7.09. The molecule has 0 amide bonds. The SMILES string of the molecule is Cc1nc(CN(C)Cc2cccc3c2CCNC3)cs1. The van der Waals surface area contributed by atoms with Gasteiger partial charge in [0.25, 0.3) is 0 Å². The van der Waals surface area contributed by atoms with Crippen molar-refractivity contribution >= 4 is 11.3 Å². The van der Waals surface area contributed by atoms with Crippen molar-refractivity contribution in [1.29, 1.82) is 0 Å². The second kappa shape index (κ2) is 6.04. The highest BCUT2D eigenvalue weighted by atomic mass is 32.1. The lowest BCUT2D eigenvalue weighted by Crippen LogP contribution is -2.26. The molecule has 106 valence electrons. The van der Waals surface area contributed by atoms with Gasteiger partial charge in [-0.2, -0.15) is 0 Å². The summed E-state index contributed by atoms with van der Waals surface area (Å²) in [5.41, 5.74) is 5.67. The van der Waals surface area contributed by atoms with Gasteiger partial charge in [0.05, 0.1) is 10.7 Å². The van der Waals surface area contributed by atoms with Gasteiger partial charge >= 0.3 is 0 Å². The summed E-state index contributed by atoms with van der Waals surface area (Å²) >= 11 is 1.73. The van der Waals surface area contributed by atoms with Crippen molar-refractivity contribution in [2.24, 2.45) is 0 Å². The zero-order valence-corrected chi connectivity index (χ0v) is 13.0. The molecular weight excluding hydrogens is 266 g/mol. The molecule has 3 rings (SSSR count). The van der Waals surface area contributed by atoms with Gasteiger partial charge in [-0.3, -0.25) is 4.90 Å². The summed E-state index contributed by atoms with van der Waals surface area (Å²) < 4.78 is 0. The van der Waals surface area contributed by atoms with E-state index in [-0.39, 0.29) is 0 Å². The lowest BCUT2D eigenvalue weighted by Gasteiger charge is -2.23. The third-order valence-electron chi connectivity index (χ3n) is 3.78. The molecule has 0 unspecified atom stereocenters. The Bertz CT molecular complexity index is 591. The minimum absolute atomic E-state index is 0.923. The number of thiazole rings is 1. The molecule has 0 atom stereocenters. The number of aromatic nitrogens is 1. The van der Waals surface area contributed by atoms with E-state index in [1.807, 2.05) is 0 Å². The van der Waals surface area contributed by atoms with Crippen LogP contribution < -0.4 is 5.32 Å². The first-order chi connectivity index (χ1) is 9.72. The molecule has 0 saturated carbocycles. The average Bonchev–Trinajstić information content (AvgIpc) is 2.84. The van der Waals surface area contributed by atoms with Crippen LogP contribution in [0.5, 0.6) is 0 Å². The number of fused-ring (bicyclic) bond motifs is 1. The van der Waals surface area contributed by atoms with Gasteiger partial charge in [0.1, 0.15) is 0 Å². The average molecular weight is 287 g/mol. The number of hydrogen-bond donors (Lipinski definition) is 1. The Morgan fingerprint density at radius 2 is 2.25 bits per heavy atom. The van der Waals surface area contributed by atoms with Crippen LogP contribution in [0.3, 0.4) is 0 Å². The molecule has 3 nitrogen and oxygen atoms in total. The van der Waals surface area contributed by atoms with Gasteiger partial charge in [-0.05, 0) is 43.6 Å². The van der Waals surface area contributed by atoms with Crippen molar-refractivity contribution in [3.05, 3.63) is 51.0 Å². The predicted molar refractivity (Wildman–Crippen MR) is 83.9 cm³/mol. The molecule has 0 saturated heterocycles. The number of hydrogen-bond acceptors (Lipinski definition) is 4. The van der Waals surface area contributed by atoms with Crippen molar-refractivity contribution in [3.8, 4) is 0 Å². The monoisotopic (exact) mass is 287 g/mol. The van der Waals surface area contributed by atoms with Crippen LogP contribution in [0.15, 0.2) is 23.6 Å². The Morgan fingerprint density at radius 3 is 3.05 bits per heavy atom. The minimum Gasteiger partial charge on any atom is -0.312 e. The normalized spacial score (nSPS) is 14.6. The van der Waals surface area contributed by atoms with Crippen molar-refractivity contribution in [3.63, 3.8) is 0 Å². The second-order valence-electron chi connectivity index (χ2n) is 5.51. The van der Waals surface area contributed by atoms with E-state index in [4.69, 9.17) is 0 Å². The molecule has 1 aromatic heterocycles. The molecule has 0 fully saturated rings. The van der Waals surface area contributed by atoms with Gasteiger partial charge in [-0.1, -0.05) is 18.2 Å². The van der Waals surface area contributed by atoms with E-state index in [0.29, 0.717) is 0 Å². The number of aryl methyl sites for hydroxylation is 1. The van der Waals surface area contributed by atoms with Crippen LogP contribution in [0, 0.1) is 6.92 Å². The van der Waals surface area contributed by atoms with Gasteiger partial charge in [0.15, 0.2) is 0 Å². The summed E-state index contributed by atoms with van der Waals surface area (Å²) in [4.78, 5) is 6.90. The molecule has 1 aliphatic heterocycles. The first-order valence-electron chi connectivity index (χ1n) is 7.12. The Morgan fingerprint density at radius 1 is 1.35 bits per heavy atom. The van der Waals surface area contributed by atoms with E-state index in [9.17, 15) is 0 Å². The third-order valence-corrected chi connectivity index (χ3v) is 4.60. The van der Waals surface area contributed by atoms with Crippen molar-refractivity contribution in [2.75, 3.05) is 13.6 Å². The lowest BCUT2D eigenvalue weighted by atomic mass is 9.95. The minimum atomic E-state index is 0.923. The van der Waals surface area contributed by atoms with Gasteiger partial charge in [-0.25, -0.2) is 4.98 Å². The fourth-order valence-corrected chi connectivity index (χ4v) is 3.47. The summed E-state index contributed by atoms with van der Waals surface area (Å²) in [6.45, 7) is 6.10. The molecule has 4 heteroatoms. The first-order valence-corrected chi connectivity index (χ1v) is 8.00. The van der Waals surface area contributed by atoms with Crippen LogP contribution in [-0.4, -0.2) is 23.5 Å². The van der Waals surface area contributed by atoms with E-state index < -0.39 is 0 Å². The molecule has 1 aliphatic rings. The van der Waals surface area contributed by atoms with Crippen LogP contribution in [-0.2, 0) is 26.1 Å². The molecule has 0 spiro atoms. The largest absolute Gasteiger partial charge is 0.312 e. The lowest BCUT2D eigenvalue weighted by molar-refractivity contribution is 0.314. The maximum Gasteiger partial charge on any atom is 0.0897 e. The maximum atomic E-state index is 4.55. The van der Waals surface area contributed by atoms with Crippen molar-refractivity contribution < 1.29 is 0 Å². The number of nitrogens with one attached hydrogen (secondary N) is 1. The van der Waals surface area contributed by atoms with E-state index in [2.05, 4.69) is 52.8 Å². The Balaban J connectivity index is 1.71. The Kier molecular flexibility index (Phi) is 4.15. The summed E-state index contributed by atoms with van der Waals surface area (Å²) in [6, 6.07) is 6.70. The smallest absolute Gasteiger partial charge is 0.0897 e. The van der Waals surface area contributed by atoms with Gasteiger partial charge < -0.3 is 5.32 Å². The van der Waals surface area contributed by atoms with Crippen LogP contribution in [0.1, 0.15) is 27.4 Å². The van der Waals surface area contributed by atoms with Gasteiger partial charge in [-0.15, -0.1) is 11.3 Å². The van der Waals surface area contributed by atoms with E-state index >= 15 is 0 Å². The Labute approximate surface area is 124 Å². The van der Waals surface area contributed by atoms with E-state index in [1.165, 1.54) is 16.8 Å². The van der Waals surface area contributed by atoms with Crippen LogP contribution in [0.25, 0.3) is 0 Å². The van der Waals surface area contributed by atoms with E-state index in [0.717, 1.165) is 37.6 Å². The summed E-state index contributed by atoms with van der Waals surface area (Å²) in [5, 5.41) is 6.75.